The maximum Gasteiger partial charge on any atom is 0.321 e. The summed E-state index contributed by atoms with van der Waals surface area (Å²) in [7, 11) is 0. The first kappa shape index (κ1) is 11.6. The number of nitrogens with one attached hydrogen (secondary N) is 1. The third kappa shape index (κ3) is 2.37. The summed E-state index contributed by atoms with van der Waals surface area (Å²) in [5, 5.41) is 7.01. The zero-order valence-corrected chi connectivity index (χ0v) is 10.7. The van der Waals surface area contributed by atoms with Crippen molar-refractivity contribution in [3.63, 3.8) is 0 Å². The molecular weight excluding hydrogens is 242 g/mol. The Kier molecular flexibility index (Phi) is 2.83. The number of aromatic nitrogens is 4. The van der Waals surface area contributed by atoms with Crippen molar-refractivity contribution in [3.05, 3.63) is 30.6 Å². The van der Waals surface area contributed by atoms with Crippen LogP contribution in [-0.2, 0) is 0 Å². The van der Waals surface area contributed by atoms with Gasteiger partial charge in [-0.25, -0.2) is 0 Å². The highest BCUT2D eigenvalue weighted by molar-refractivity contribution is 5.79. The summed E-state index contributed by atoms with van der Waals surface area (Å²) in [6.45, 7) is 4.02. The van der Waals surface area contributed by atoms with Gasteiger partial charge in [0.25, 0.3) is 0 Å². The van der Waals surface area contributed by atoms with Gasteiger partial charge < -0.3 is 9.84 Å². The molecule has 0 amide bonds. The van der Waals surface area contributed by atoms with E-state index >= 15 is 0 Å². The summed E-state index contributed by atoms with van der Waals surface area (Å²) in [6, 6.07) is 6.36. The number of fused-ring (bicyclic) bond motifs is 1. The summed E-state index contributed by atoms with van der Waals surface area (Å²) in [4.78, 5) is 12.8. The van der Waals surface area contributed by atoms with Crippen LogP contribution in [0.2, 0.25) is 0 Å². The normalized spacial score (nSPS) is 11.1. The second kappa shape index (κ2) is 4.64. The number of anilines is 1. The summed E-state index contributed by atoms with van der Waals surface area (Å²) in [6.07, 6.45) is 3.33. The van der Waals surface area contributed by atoms with E-state index in [-0.39, 0.29) is 6.04 Å². The van der Waals surface area contributed by atoms with Gasteiger partial charge in [0.2, 0.25) is 5.82 Å². The summed E-state index contributed by atoms with van der Waals surface area (Å²) < 4.78 is 5.13. The third-order valence-corrected chi connectivity index (χ3v) is 2.57. The average molecular weight is 255 g/mol. The Hall–Kier alpha value is -2.50. The van der Waals surface area contributed by atoms with E-state index < -0.39 is 0 Å². The quantitative estimate of drug-likeness (QED) is 0.774. The highest BCUT2D eigenvalue weighted by Crippen LogP contribution is 2.21. The average Bonchev–Trinajstić information content (AvgIpc) is 2.86. The molecule has 2 aromatic heterocycles. The molecule has 0 atom stereocenters. The van der Waals surface area contributed by atoms with Crippen molar-refractivity contribution in [1.29, 1.82) is 0 Å². The second-order valence-corrected chi connectivity index (χ2v) is 4.48. The van der Waals surface area contributed by atoms with Crippen LogP contribution < -0.4 is 5.32 Å². The molecular formula is C13H13N5O. The van der Waals surface area contributed by atoms with Crippen LogP contribution in [0.15, 0.2) is 35.1 Å². The minimum Gasteiger partial charge on any atom is -0.336 e. The van der Waals surface area contributed by atoms with E-state index in [0.29, 0.717) is 11.8 Å². The fourth-order valence-corrected chi connectivity index (χ4v) is 1.75. The van der Waals surface area contributed by atoms with Crippen LogP contribution in [-0.4, -0.2) is 26.2 Å². The molecule has 1 N–H and O–H groups in total. The topological polar surface area (TPSA) is 76.7 Å². The van der Waals surface area contributed by atoms with E-state index in [1.165, 1.54) is 0 Å². The lowest BCUT2D eigenvalue weighted by molar-refractivity contribution is 0.429. The van der Waals surface area contributed by atoms with Gasteiger partial charge in [0.05, 0.1) is 11.0 Å². The molecule has 2 heterocycles. The Labute approximate surface area is 109 Å². The SMILES string of the molecule is CC(C)Nc1nc(-c2ccc3nccnc3c2)no1. The summed E-state index contributed by atoms with van der Waals surface area (Å²) >= 11 is 0. The maximum atomic E-state index is 5.13. The van der Waals surface area contributed by atoms with Gasteiger partial charge in [-0.1, -0.05) is 5.16 Å². The fraction of sp³-hybridized carbons (Fsp3) is 0.231. The lowest BCUT2D eigenvalue weighted by Gasteiger charge is -2.01. The highest BCUT2D eigenvalue weighted by atomic mass is 16.5. The van der Waals surface area contributed by atoms with Crippen molar-refractivity contribution in [1.82, 2.24) is 20.1 Å². The number of hydrogen-bond acceptors (Lipinski definition) is 6. The van der Waals surface area contributed by atoms with Gasteiger partial charge in [0.1, 0.15) is 0 Å². The maximum absolute atomic E-state index is 5.13. The van der Waals surface area contributed by atoms with Crippen LogP contribution >= 0.6 is 0 Å². The molecule has 0 saturated carbocycles. The molecule has 0 saturated heterocycles. The molecule has 3 rings (SSSR count). The first-order chi connectivity index (χ1) is 9.22. The van der Waals surface area contributed by atoms with Gasteiger partial charge in [-0.15, -0.1) is 0 Å². The van der Waals surface area contributed by atoms with Gasteiger partial charge in [-0.2, -0.15) is 4.98 Å². The van der Waals surface area contributed by atoms with Crippen LogP contribution in [0.1, 0.15) is 13.8 Å². The van der Waals surface area contributed by atoms with Gasteiger partial charge >= 0.3 is 6.01 Å². The zero-order valence-electron chi connectivity index (χ0n) is 10.7. The fourth-order valence-electron chi connectivity index (χ4n) is 1.75. The van der Waals surface area contributed by atoms with Crippen LogP contribution in [0.25, 0.3) is 22.4 Å². The van der Waals surface area contributed by atoms with E-state index in [0.717, 1.165) is 16.6 Å². The smallest absolute Gasteiger partial charge is 0.321 e. The van der Waals surface area contributed by atoms with Crippen molar-refractivity contribution in [2.45, 2.75) is 19.9 Å². The molecule has 0 aliphatic rings. The Balaban J connectivity index is 1.97. The molecule has 0 bridgehead atoms. The third-order valence-electron chi connectivity index (χ3n) is 2.57. The Bertz CT molecular complexity index is 707. The molecule has 0 fully saturated rings. The molecule has 3 aromatic rings. The van der Waals surface area contributed by atoms with Crippen LogP contribution in [0.4, 0.5) is 6.01 Å². The van der Waals surface area contributed by atoms with Gasteiger partial charge in [-0.3, -0.25) is 9.97 Å². The zero-order chi connectivity index (χ0) is 13.2. The highest BCUT2D eigenvalue weighted by Gasteiger charge is 2.10. The van der Waals surface area contributed by atoms with Crippen LogP contribution in [0, 0.1) is 0 Å². The second-order valence-electron chi connectivity index (χ2n) is 4.48. The predicted octanol–water partition coefficient (Wildman–Crippen LogP) is 2.50. The van der Waals surface area contributed by atoms with Gasteiger partial charge in [0.15, 0.2) is 0 Å². The predicted molar refractivity (Wildman–Crippen MR) is 71.6 cm³/mol. The van der Waals surface area contributed by atoms with E-state index in [1.807, 2.05) is 32.0 Å². The lowest BCUT2D eigenvalue weighted by Crippen LogP contribution is -2.09. The Morgan fingerprint density at radius 3 is 2.68 bits per heavy atom. The standard InChI is InChI=1S/C13H13N5O/c1-8(2)16-13-17-12(18-19-13)9-3-4-10-11(7-9)15-6-5-14-10/h3-8H,1-2H3,(H,16,17,18). The van der Waals surface area contributed by atoms with Gasteiger partial charge in [-0.05, 0) is 32.0 Å². The Morgan fingerprint density at radius 1 is 1.11 bits per heavy atom. The number of benzene rings is 1. The van der Waals surface area contributed by atoms with Crippen molar-refractivity contribution >= 4 is 17.0 Å². The van der Waals surface area contributed by atoms with Crippen molar-refractivity contribution in [2.75, 3.05) is 5.32 Å². The number of hydrogen-bond donors (Lipinski definition) is 1. The molecule has 1 aromatic carbocycles. The van der Waals surface area contributed by atoms with Gasteiger partial charge in [0, 0.05) is 24.0 Å². The monoisotopic (exact) mass is 255 g/mol. The molecule has 0 spiro atoms. The van der Waals surface area contributed by atoms with E-state index in [4.69, 9.17) is 4.52 Å². The van der Waals surface area contributed by atoms with Crippen LogP contribution in [0.5, 0.6) is 0 Å². The molecule has 0 aliphatic carbocycles. The first-order valence-electron chi connectivity index (χ1n) is 6.04. The molecule has 6 heteroatoms. The molecule has 19 heavy (non-hydrogen) atoms. The van der Waals surface area contributed by atoms with E-state index in [1.54, 1.807) is 12.4 Å². The molecule has 0 radical (unpaired) electrons. The molecule has 96 valence electrons. The largest absolute Gasteiger partial charge is 0.336 e. The minimum absolute atomic E-state index is 0.246. The first-order valence-corrected chi connectivity index (χ1v) is 6.04. The number of nitrogens with zero attached hydrogens (tertiary/aromatic N) is 4. The van der Waals surface area contributed by atoms with Crippen molar-refractivity contribution < 1.29 is 4.52 Å². The molecule has 6 nitrogen and oxygen atoms in total. The molecule has 0 unspecified atom stereocenters. The Morgan fingerprint density at radius 2 is 1.89 bits per heavy atom. The lowest BCUT2D eigenvalue weighted by atomic mass is 10.2. The number of rotatable bonds is 3. The van der Waals surface area contributed by atoms with E-state index in [2.05, 4.69) is 25.4 Å². The minimum atomic E-state index is 0.246. The summed E-state index contributed by atoms with van der Waals surface area (Å²) in [5.41, 5.74) is 2.51. The summed E-state index contributed by atoms with van der Waals surface area (Å²) in [5.74, 6) is 0.538. The van der Waals surface area contributed by atoms with Crippen molar-refractivity contribution in [3.8, 4) is 11.4 Å². The molecule has 0 aliphatic heterocycles. The van der Waals surface area contributed by atoms with Crippen molar-refractivity contribution in [2.24, 2.45) is 0 Å². The van der Waals surface area contributed by atoms with E-state index in [9.17, 15) is 0 Å². The van der Waals surface area contributed by atoms with Crippen LogP contribution in [0.3, 0.4) is 0 Å².